The summed E-state index contributed by atoms with van der Waals surface area (Å²) in [6.07, 6.45) is 3.22. The molecule has 0 radical (unpaired) electrons. The molecule has 0 atom stereocenters. The number of halogens is 2. The molecule has 0 aliphatic carbocycles. The average molecular weight is 393 g/mol. The molecule has 0 amide bonds. The number of hydrogen-bond donors (Lipinski definition) is 2. The molecule has 2 fully saturated rings. The molecule has 28 heavy (non-hydrogen) atoms. The van der Waals surface area contributed by atoms with Crippen LogP contribution in [0.25, 0.3) is 0 Å². The fourth-order valence-electron chi connectivity index (χ4n) is 6.31. The predicted octanol–water partition coefficient (Wildman–Crippen LogP) is 6.01. The Morgan fingerprint density at radius 3 is 1.32 bits per heavy atom. The Morgan fingerprint density at radius 2 is 0.964 bits per heavy atom. The van der Waals surface area contributed by atoms with Crippen LogP contribution in [-0.4, -0.2) is 22.2 Å². The fourth-order valence-corrected chi connectivity index (χ4v) is 6.31. The third kappa shape index (κ3) is 4.76. The van der Waals surface area contributed by atoms with Crippen molar-refractivity contribution in [3.8, 4) is 0 Å². The first kappa shape index (κ1) is 21.7. The van der Waals surface area contributed by atoms with Crippen LogP contribution in [0.1, 0.15) is 104 Å². The van der Waals surface area contributed by atoms with Crippen LogP contribution in [0.3, 0.4) is 0 Å². The number of nitrogens with one attached hydrogen (secondary N) is 2. The van der Waals surface area contributed by atoms with Gasteiger partial charge in [-0.2, -0.15) is 0 Å². The highest BCUT2D eigenvalue weighted by Gasteiger charge is 2.41. The first-order valence-electron chi connectivity index (χ1n) is 10.7. The van der Waals surface area contributed by atoms with Crippen molar-refractivity contribution in [3.63, 3.8) is 0 Å². The Kier molecular flexibility index (Phi) is 5.25. The maximum Gasteiger partial charge on any atom is 0.129 e. The van der Waals surface area contributed by atoms with Crippen molar-refractivity contribution in [2.24, 2.45) is 0 Å². The fraction of sp³-hybridized carbons (Fsp3) is 0.750. The van der Waals surface area contributed by atoms with Crippen molar-refractivity contribution in [1.29, 1.82) is 0 Å². The van der Waals surface area contributed by atoms with Crippen molar-refractivity contribution in [3.05, 3.63) is 34.9 Å². The van der Waals surface area contributed by atoms with Gasteiger partial charge in [-0.05, 0) is 111 Å². The zero-order valence-electron chi connectivity index (χ0n) is 18.9. The smallest absolute Gasteiger partial charge is 0.129 e. The summed E-state index contributed by atoms with van der Waals surface area (Å²) in [7, 11) is 0. The number of benzene rings is 1. The summed E-state index contributed by atoms with van der Waals surface area (Å²) in [6, 6.07) is 3.23. The molecular weight excluding hydrogens is 354 g/mol. The normalized spacial score (nSPS) is 26.9. The van der Waals surface area contributed by atoms with E-state index in [1.807, 2.05) is 0 Å². The molecule has 0 saturated carbocycles. The van der Waals surface area contributed by atoms with Gasteiger partial charge in [0.15, 0.2) is 0 Å². The van der Waals surface area contributed by atoms with Crippen molar-refractivity contribution < 1.29 is 8.78 Å². The summed E-state index contributed by atoms with van der Waals surface area (Å²) in [6.45, 7) is 17.1. The molecule has 2 N–H and O–H groups in total. The molecule has 0 bridgehead atoms. The zero-order valence-corrected chi connectivity index (χ0v) is 18.9. The van der Waals surface area contributed by atoms with Crippen LogP contribution in [-0.2, 0) is 0 Å². The highest BCUT2D eigenvalue weighted by molar-refractivity contribution is 5.33. The van der Waals surface area contributed by atoms with Gasteiger partial charge in [0, 0.05) is 27.7 Å². The van der Waals surface area contributed by atoms with Crippen molar-refractivity contribution in [2.45, 2.75) is 115 Å². The molecule has 2 aliphatic heterocycles. The summed E-state index contributed by atoms with van der Waals surface area (Å²) in [5.74, 6) is -0.698. The van der Waals surface area contributed by atoms with E-state index in [2.05, 4.69) is 66.0 Å². The first-order chi connectivity index (χ1) is 12.6. The largest absolute Gasteiger partial charge is 0.307 e. The lowest BCUT2D eigenvalue weighted by atomic mass is 9.71. The van der Waals surface area contributed by atoms with E-state index in [9.17, 15) is 0 Å². The van der Waals surface area contributed by atoms with Gasteiger partial charge >= 0.3 is 0 Å². The summed E-state index contributed by atoms with van der Waals surface area (Å²) in [4.78, 5) is 0. The van der Waals surface area contributed by atoms with Gasteiger partial charge in [-0.15, -0.1) is 0 Å². The lowest BCUT2D eigenvalue weighted by Crippen LogP contribution is -2.57. The summed E-state index contributed by atoms with van der Waals surface area (Å²) < 4.78 is 30.5. The second kappa shape index (κ2) is 6.77. The Morgan fingerprint density at radius 1 is 0.643 bits per heavy atom. The molecule has 0 spiro atoms. The van der Waals surface area contributed by atoms with Gasteiger partial charge in [-0.3, -0.25) is 0 Å². The third-order valence-corrected chi connectivity index (χ3v) is 6.36. The highest BCUT2D eigenvalue weighted by Crippen LogP contribution is 2.43. The van der Waals surface area contributed by atoms with Gasteiger partial charge in [0.05, 0.1) is 0 Å². The van der Waals surface area contributed by atoms with Crippen molar-refractivity contribution >= 4 is 0 Å². The minimum absolute atomic E-state index is 0.0544. The minimum Gasteiger partial charge on any atom is -0.307 e. The number of hydrogen-bond acceptors (Lipinski definition) is 2. The second-order valence-electron chi connectivity index (χ2n) is 11.9. The SMILES string of the molecule is CC1(C)CC(c2cc(F)c(C3CC(C)(C)NC(C)(C)C3)c(F)c2)CC(C)(C)N1. The zero-order chi connectivity index (χ0) is 21.1. The van der Waals surface area contributed by atoms with E-state index < -0.39 is 0 Å². The van der Waals surface area contributed by atoms with Crippen LogP contribution in [0.5, 0.6) is 0 Å². The van der Waals surface area contributed by atoms with Gasteiger partial charge in [0.1, 0.15) is 11.6 Å². The van der Waals surface area contributed by atoms with Gasteiger partial charge in [0.2, 0.25) is 0 Å². The molecule has 1 aromatic carbocycles. The van der Waals surface area contributed by atoms with E-state index in [0.717, 1.165) is 31.2 Å². The van der Waals surface area contributed by atoms with Crippen LogP contribution >= 0.6 is 0 Å². The molecule has 4 heteroatoms. The van der Waals surface area contributed by atoms with Crippen LogP contribution in [0, 0.1) is 11.6 Å². The third-order valence-electron chi connectivity index (χ3n) is 6.36. The molecule has 0 aromatic heterocycles. The quantitative estimate of drug-likeness (QED) is 0.644. The second-order valence-corrected chi connectivity index (χ2v) is 11.9. The molecule has 2 heterocycles. The Bertz CT molecular complexity index is 694. The topological polar surface area (TPSA) is 24.1 Å². The van der Waals surface area contributed by atoms with Crippen LogP contribution in [0.15, 0.2) is 12.1 Å². The minimum atomic E-state index is -0.373. The summed E-state index contributed by atoms with van der Waals surface area (Å²) in [5, 5.41) is 7.25. The summed E-state index contributed by atoms with van der Waals surface area (Å²) >= 11 is 0. The van der Waals surface area contributed by atoms with Crippen LogP contribution < -0.4 is 10.6 Å². The lowest BCUT2D eigenvalue weighted by Gasteiger charge is -2.47. The Hall–Kier alpha value is -1.00. The Labute approximate surface area is 169 Å². The molecule has 3 rings (SSSR count). The molecule has 2 nitrogen and oxygen atoms in total. The summed E-state index contributed by atoms with van der Waals surface area (Å²) in [5.41, 5.74) is 0.676. The van der Waals surface area contributed by atoms with Crippen molar-refractivity contribution in [1.82, 2.24) is 10.6 Å². The standard InChI is InChI=1S/C24H38F2N2/c1-21(2)11-16(12-22(3,4)27-21)15-9-18(25)20(19(26)10-15)17-13-23(5,6)28-24(7,8)14-17/h9-10,16-17,27-28H,11-14H2,1-8H3. The molecule has 2 saturated heterocycles. The predicted molar refractivity (Wildman–Crippen MR) is 113 cm³/mol. The van der Waals surface area contributed by atoms with Gasteiger partial charge in [-0.1, -0.05) is 0 Å². The molecule has 0 unspecified atom stereocenters. The molecule has 158 valence electrons. The lowest BCUT2D eigenvalue weighted by molar-refractivity contribution is 0.157. The van der Waals surface area contributed by atoms with E-state index in [4.69, 9.17) is 0 Å². The van der Waals surface area contributed by atoms with Gasteiger partial charge in [0.25, 0.3) is 0 Å². The first-order valence-corrected chi connectivity index (χ1v) is 10.7. The Balaban J connectivity index is 1.94. The van der Waals surface area contributed by atoms with Crippen molar-refractivity contribution in [2.75, 3.05) is 0 Å². The van der Waals surface area contributed by atoms with Gasteiger partial charge in [-0.25, -0.2) is 8.78 Å². The highest BCUT2D eigenvalue weighted by atomic mass is 19.1. The van der Waals surface area contributed by atoms with Crippen LogP contribution in [0.4, 0.5) is 8.78 Å². The molecule has 1 aromatic rings. The maximum absolute atomic E-state index is 15.3. The monoisotopic (exact) mass is 392 g/mol. The van der Waals surface area contributed by atoms with Gasteiger partial charge < -0.3 is 10.6 Å². The van der Waals surface area contributed by atoms with E-state index in [-0.39, 0.29) is 51.2 Å². The number of rotatable bonds is 2. The number of piperidine rings is 2. The van der Waals surface area contributed by atoms with E-state index >= 15 is 8.78 Å². The average Bonchev–Trinajstić information content (AvgIpc) is 2.39. The van der Waals surface area contributed by atoms with E-state index in [1.165, 1.54) is 0 Å². The molecular formula is C24H38F2N2. The van der Waals surface area contributed by atoms with E-state index in [1.54, 1.807) is 12.1 Å². The van der Waals surface area contributed by atoms with Crippen LogP contribution in [0.2, 0.25) is 0 Å². The van der Waals surface area contributed by atoms with E-state index in [0.29, 0.717) is 0 Å². The molecule has 2 aliphatic rings. The maximum atomic E-state index is 15.3.